The van der Waals surface area contributed by atoms with Crippen molar-refractivity contribution in [1.29, 1.82) is 0 Å². The summed E-state index contributed by atoms with van der Waals surface area (Å²) in [5.74, 6) is -5.08. The summed E-state index contributed by atoms with van der Waals surface area (Å²) >= 11 is 1.74. The standard InChI is InChI=1S/C19H23N3O2S.2C2HF3O2/c23-18(21-7-5-17-4-2-8-25-17)19-13-22(11-16(19)12-24-14-19)10-15-3-1-6-20-9-15;2*3-2(4,5)1(6)7/h1-4,6,8-9,16H,5,7,10-14H2,(H,21,23);2*(H,6,7)/t16-,19-;;/m1../s1. The lowest BCUT2D eigenvalue weighted by Crippen LogP contribution is -2.47. The molecule has 2 aliphatic rings. The van der Waals surface area contributed by atoms with Gasteiger partial charge < -0.3 is 20.3 Å². The maximum Gasteiger partial charge on any atom is 0.490 e. The molecular formula is C23H25F6N3O6S. The molecule has 16 heteroatoms. The third-order valence-electron chi connectivity index (χ3n) is 5.75. The summed E-state index contributed by atoms with van der Waals surface area (Å²) < 4.78 is 69.2. The fourth-order valence-corrected chi connectivity index (χ4v) is 4.67. The summed E-state index contributed by atoms with van der Waals surface area (Å²) in [6.07, 6.45) is -5.58. The number of carboxylic acids is 2. The van der Waals surface area contributed by atoms with Gasteiger partial charge in [-0.25, -0.2) is 9.59 Å². The van der Waals surface area contributed by atoms with E-state index in [1.165, 1.54) is 10.4 Å². The van der Waals surface area contributed by atoms with Gasteiger partial charge in [0.15, 0.2) is 0 Å². The Morgan fingerprint density at radius 1 is 1.10 bits per heavy atom. The molecule has 0 saturated carbocycles. The average Bonchev–Trinajstić information content (AvgIpc) is 3.56. The third kappa shape index (κ3) is 9.78. The van der Waals surface area contributed by atoms with Gasteiger partial charge in [-0.2, -0.15) is 26.3 Å². The first-order valence-electron chi connectivity index (χ1n) is 11.2. The number of carbonyl (C=O) groups is 3. The molecule has 2 aromatic rings. The normalized spacial score (nSPS) is 20.6. The van der Waals surface area contributed by atoms with Crippen LogP contribution in [0.3, 0.4) is 0 Å². The number of carboxylic acid groups (broad SMARTS) is 2. The van der Waals surface area contributed by atoms with E-state index in [1.54, 1.807) is 17.5 Å². The van der Waals surface area contributed by atoms with E-state index in [-0.39, 0.29) is 11.8 Å². The number of ether oxygens (including phenoxy) is 1. The molecule has 0 unspecified atom stereocenters. The van der Waals surface area contributed by atoms with Gasteiger partial charge in [-0.3, -0.25) is 14.7 Å². The third-order valence-corrected chi connectivity index (χ3v) is 6.68. The molecular weight excluding hydrogens is 560 g/mol. The molecule has 39 heavy (non-hydrogen) atoms. The molecule has 0 radical (unpaired) electrons. The van der Waals surface area contributed by atoms with E-state index in [0.717, 1.165) is 26.1 Å². The Morgan fingerprint density at radius 2 is 1.74 bits per heavy atom. The van der Waals surface area contributed by atoms with Crippen molar-refractivity contribution in [3.63, 3.8) is 0 Å². The Kier molecular flexibility index (Phi) is 11.2. The number of thiophene rings is 1. The molecule has 0 spiro atoms. The highest BCUT2D eigenvalue weighted by Gasteiger charge is 2.55. The van der Waals surface area contributed by atoms with Crippen LogP contribution in [-0.4, -0.2) is 83.1 Å². The van der Waals surface area contributed by atoms with Crippen LogP contribution in [0.15, 0.2) is 42.0 Å². The largest absolute Gasteiger partial charge is 0.490 e. The quantitative estimate of drug-likeness (QED) is 0.441. The van der Waals surface area contributed by atoms with Gasteiger partial charge in [0.25, 0.3) is 0 Å². The van der Waals surface area contributed by atoms with E-state index in [4.69, 9.17) is 24.5 Å². The predicted octanol–water partition coefficient (Wildman–Crippen LogP) is 3.22. The number of pyridine rings is 1. The fourth-order valence-electron chi connectivity index (χ4n) is 3.96. The molecule has 0 aliphatic carbocycles. The number of alkyl halides is 6. The van der Waals surface area contributed by atoms with Crippen molar-refractivity contribution < 1.29 is 55.7 Å². The number of likely N-dealkylation sites (tertiary alicyclic amines) is 1. The van der Waals surface area contributed by atoms with E-state index < -0.39 is 29.7 Å². The Bertz CT molecular complexity index is 1060. The number of carbonyl (C=O) groups excluding carboxylic acids is 1. The first kappa shape index (κ1) is 32.0. The zero-order valence-electron chi connectivity index (χ0n) is 20.2. The Labute approximate surface area is 222 Å². The minimum Gasteiger partial charge on any atom is -0.475 e. The van der Waals surface area contributed by atoms with Gasteiger partial charge in [-0.05, 0) is 29.5 Å². The molecule has 4 heterocycles. The molecule has 2 aliphatic heterocycles. The van der Waals surface area contributed by atoms with Crippen molar-refractivity contribution in [1.82, 2.24) is 15.2 Å². The van der Waals surface area contributed by atoms with E-state index in [1.807, 2.05) is 12.3 Å². The van der Waals surface area contributed by atoms with Crippen molar-refractivity contribution >= 4 is 29.2 Å². The van der Waals surface area contributed by atoms with Crippen molar-refractivity contribution in [3.8, 4) is 0 Å². The van der Waals surface area contributed by atoms with Crippen LogP contribution in [-0.2, 0) is 32.1 Å². The van der Waals surface area contributed by atoms with Gasteiger partial charge in [0.05, 0.1) is 18.6 Å². The highest BCUT2D eigenvalue weighted by molar-refractivity contribution is 7.09. The van der Waals surface area contributed by atoms with Crippen LogP contribution in [0.1, 0.15) is 10.4 Å². The van der Waals surface area contributed by atoms with Crippen LogP contribution in [0.4, 0.5) is 26.3 Å². The molecule has 3 N–H and O–H groups in total. The average molecular weight is 586 g/mol. The number of amides is 1. The summed E-state index contributed by atoms with van der Waals surface area (Å²) in [7, 11) is 0. The van der Waals surface area contributed by atoms with Crippen LogP contribution < -0.4 is 5.32 Å². The first-order valence-corrected chi connectivity index (χ1v) is 12.1. The molecule has 2 saturated heterocycles. The highest BCUT2D eigenvalue weighted by Crippen LogP contribution is 2.42. The van der Waals surface area contributed by atoms with E-state index in [2.05, 4.69) is 38.8 Å². The molecule has 216 valence electrons. The molecule has 2 aromatic heterocycles. The number of rotatable bonds is 6. The van der Waals surface area contributed by atoms with Crippen molar-refractivity contribution in [2.45, 2.75) is 25.3 Å². The van der Waals surface area contributed by atoms with Crippen molar-refractivity contribution in [3.05, 3.63) is 52.5 Å². The lowest BCUT2D eigenvalue weighted by molar-refractivity contribution is -0.193. The number of halogens is 6. The van der Waals surface area contributed by atoms with E-state index >= 15 is 0 Å². The molecule has 2 fully saturated rings. The maximum atomic E-state index is 12.9. The highest BCUT2D eigenvalue weighted by atomic mass is 32.1. The van der Waals surface area contributed by atoms with Gasteiger partial charge in [0.1, 0.15) is 0 Å². The fraction of sp³-hybridized carbons (Fsp3) is 0.478. The number of fused-ring (bicyclic) bond motifs is 1. The molecule has 1 amide bonds. The summed E-state index contributed by atoms with van der Waals surface area (Å²) in [6, 6.07) is 8.21. The zero-order chi connectivity index (χ0) is 29.3. The lowest BCUT2D eigenvalue weighted by atomic mass is 9.80. The molecule has 0 aromatic carbocycles. The first-order chi connectivity index (χ1) is 18.1. The number of hydrogen-bond donors (Lipinski definition) is 3. The molecule has 4 rings (SSSR count). The summed E-state index contributed by atoms with van der Waals surface area (Å²) in [5, 5.41) is 19.5. The monoisotopic (exact) mass is 585 g/mol. The van der Waals surface area contributed by atoms with Crippen LogP contribution in [0.25, 0.3) is 0 Å². The predicted molar refractivity (Wildman–Crippen MR) is 125 cm³/mol. The SMILES string of the molecule is O=C(NCCc1cccs1)[C@]12COC[C@H]1CN(Cc1cccnc1)C2.O=C(O)C(F)(F)F.O=C(O)C(F)(F)F. The topological polar surface area (TPSA) is 129 Å². The smallest absolute Gasteiger partial charge is 0.475 e. The van der Waals surface area contributed by atoms with Gasteiger partial charge in [-0.1, -0.05) is 12.1 Å². The van der Waals surface area contributed by atoms with Gasteiger partial charge in [0.2, 0.25) is 5.91 Å². The van der Waals surface area contributed by atoms with Crippen LogP contribution in [0.2, 0.25) is 0 Å². The van der Waals surface area contributed by atoms with Crippen LogP contribution in [0, 0.1) is 11.3 Å². The minimum absolute atomic E-state index is 0.153. The molecule has 0 bridgehead atoms. The number of aliphatic carboxylic acids is 2. The number of hydrogen-bond acceptors (Lipinski definition) is 7. The van der Waals surface area contributed by atoms with Crippen molar-refractivity contribution in [2.75, 3.05) is 32.8 Å². The van der Waals surface area contributed by atoms with Crippen LogP contribution >= 0.6 is 11.3 Å². The summed E-state index contributed by atoms with van der Waals surface area (Å²) in [5.41, 5.74) is 0.800. The Balaban J connectivity index is 0.000000317. The summed E-state index contributed by atoms with van der Waals surface area (Å²) in [4.78, 5) is 38.6. The van der Waals surface area contributed by atoms with Gasteiger partial charge in [-0.15, -0.1) is 11.3 Å². The van der Waals surface area contributed by atoms with Gasteiger partial charge in [0, 0.05) is 49.4 Å². The van der Waals surface area contributed by atoms with E-state index in [0.29, 0.717) is 19.8 Å². The van der Waals surface area contributed by atoms with Gasteiger partial charge >= 0.3 is 24.3 Å². The molecule has 9 nitrogen and oxygen atoms in total. The Morgan fingerprint density at radius 3 is 2.26 bits per heavy atom. The second-order valence-corrected chi connectivity index (χ2v) is 9.62. The number of aromatic nitrogens is 1. The minimum atomic E-state index is -5.08. The van der Waals surface area contributed by atoms with Crippen molar-refractivity contribution in [2.24, 2.45) is 11.3 Å². The summed E-state index contributed by atoms with van der Waals surface area (Å²) in [6.45, 7) is 4.42. The van der Waals surface area contributed by atoms with E-state index in [9.17, 15) is 31.1 Å². The number of nitrogens with one attached hydrogen (secondary N) is 1. The number of nitrogens with zero attached hydrogens (tertiary/aromatic N) is 2. The second kappa shape index (κ2) is 13.7. The Hall–Kier alpha value is -3.24. The zero-order valence-corrected chi connectivity index (χ0v) is 21.0. The van der Waals surface area contributed by atoms with Crippen LogP contribution in [0.5, 0.6) is 0 Å². The molecule has 2 atom stereocenters. The lowest BCUT2D eigenvalue weighted by Gasteiger charge is -2.26. The second-order valence-electron chi connectivity index (χ2n) is 8.59. The maximum absolute atomic E-state index is 12.9.